The molecule has 0 saturated carbocycles. The summed E-state index contributed by atoms with van der Waals surface area (Å²) in [5, 5.41) is 4.41. The highest BCUT2D eigenvalue weighted by Gasteiger charge is 2.18. The van der Waals surface area contributed by atoms with E-state index < -0.39 is 0 Å². The van der Waals surface area contributed by atoms with Gasteiger partial charge in [-0.05, 0) is 49.1 Å². The summed E-state index contributed by atoms with van der Waals surface area (Å²) in [5.74, 6) is 0. The zero-order valence-electron chi connectivity index (χ0n) is 12.8. The fourth-order valence-electron chi connectivity index (χ4n) is 3.01. The third-order valence-corrected chi connectivity index (χ3v) is 4.61. The van der Waals surface area contributed by atoms with Gasteiger partial charge >= 0.3 is 0 Å². The number of anilines is 1. The van der Waals surface area contributed by atoms with Crippen molar-refractivity contribution in [3.8, 4) is 0 Å². The molecule has 22 heavy (non-hydrogen) atoms. The minimum absolute atomic E-state index is 0.578. The molecule has 0 radical (unpaired) electrons. The molecule has 0 aliphatic carbocycles. The first-order chi connectivity index (χ1) is 10.8. The molecular formula is C19H23ClN2. The maximum absolute atomic E-state index is 5.92. The molecule has 1 N–H and O–H groups in total. The minimum atomic E-state index is 0.578. The van der Waals surface area contributed by atoms with E-state index in [9.17, 15) is 0 Å². The molecule has 1 heterocycles. The lowest BCUT2D eigenvalue weighted by Gasteiger charge is -2.32. The lowest BCUT2D eigenvalue weighted by atomic mass is 10.0. The predicted molar refractivity (Wildman–Crippen MR) is 94.7 cm³/mol. The molecule has 2 nitrogen and oxygen atoms in total. The highest BCUT2D eigenvalue weighted by atomic mass is 35.5. The topological polar surface area (TPSA) is 15.3 Å². The van der Waals surface area contributed by atoms with Crippen LogP contribution in [0, 0.1) is 0 Å². The molecular weight excluding hydrogens is 292 g/mol. The molecule has 116 valence electrons. The molecule has 0 aromatic heterocycles. The fourth-order valence-corrected chi connectivity index (χ4v) is 3.14. The van der Waals surface area contributed by atoms with Gasteiger partial charge in [-0.2, -0.15) is 0 Å². The van der Waals surface area contributed by atoms with Gasteiger partial charge in [-0.25, -0.2) is 0 Å². The van der Waals surface area contributed by atoms with E-state index in [1.165, 1.54) is 37.2 Å². The Kier molecular flexibility index (Phi) is 5.36. The molecule has 0 spiro atoms. The van der Waals surface area contributed by atoms with E-state index in [0.29, 0.717) is 6.04 Å². The third kappa shape index (κ3) is 4.49. The van der Waals surface area contributed by atoms with E-state index in [-0.39, 0.29) is 0 Å². The molecule has 3 heteroatoms. The van der Waals surface area contributed by atoms with Gasteiger partial charge in [-0.1, -0.05) is 41.9 Å². The lowest BCUT2D eigenvalue weighted by molar-refractivity contribution is 0.221. The first-order valence-electron chi connectivity index (χ1n) is 8.08. The van der Waals surface area contributed by atoms with Crippen molar-refractivity contribution in [2.24, 2.45) is 0 Å². The van der Waals surface area contributed by atoms with Crippen LogP contribution in [0.15, 0.2) is 54.6 Å². The molecule has 1 fully saturated rings. The van der Waals surface area contributed by atoms with Crippen molar-refractivity contribution in [3.63, 3.8) is 0 Å². The Hall–Kier alpha value is -1.51. The normalized spacial score (nSPS) is 16.6. The first-order valence-corrected chi connectivity index (χ1v) is 8.46. The van der Waals surface area contributed by atoms with Crippen LogP contribution in [0.1, 0.15) is 18.4 Å². The van der Waals surface area contributed by atoms with Gasteiger partial charge in [0.1, 0.15) is 0 Å². The van der Waals surface area contributed by atoms with Gasteiger partial charge in [0.25, 0.3) is 0 Å². The van der Waals surface area contributed by atoms with E-state index in [0.717, 1.165) is 18.0 Å². The Morgan fingerprint density at radius 3 is 2.32 bits per heavy atom. The SMILES string of the molecule is Clc1ccc(NC2CCN(CCc3ccccc3)CC2)cc1. The fraction of sp³-hybridized carbons (Fsp3) is 0.368. The number of rotatable bonds is 5. The standard InChI is InChI=1S/C19H23ClN2/c20-17-6-8-18(9-7-17)21-19-11-14-22(15-12-19)13-10-16-4-2-1-3-5-16/h1-9,19,21H,10-15H2. The summed E-state index contributed by atoms with van der Waals surface area (Å²) < 4.78 is 0. The molecule has 0 unspecified atom stereocenters. The average molecular weight is 315 g/mol. The second kappa shape index (κ2) is 7.66. The van der Waals surface area contributed by atoms with Crippen LogP contribution in [-0.2, 0) is 6.42 Å². The van der Waals surface area contributed by atoms with Gasteiger partial charge in [0, 0.05) is 36.4 Å². The summed E-state index contributed by atoms with van der Waals surface area (Å²) in [4.78, 5) is 2.58. The van der Waals surface area contributed by atoms with Crippen LogP contribution < -0.4 is 5.32 Å². The second-order valence-corrected chi connectivity index (χ2v) is 6.44. The smallest absolute Gasteiger partial charge is 0.0407 e. The molecule has 1 aliphatic heterocycles. The van der Waals surface area contributed by atoms with Crippen LogP contribution in [0.4, 0.5) is 5.69 Å². The van der Waals surface area contributed by atoms with E-state index in [1.807, 2.05) is 12.1 Å². The van der Waals surface area contributed by atoms with Crippen LogP contribution in [0.2, 0.25) is 5.02 Å². The summed E-state index contributed by atoms with van der Waals surface area (Å²) in [6.45, 7) is 3.52. The van der Waals surface area contributed by atoms with Gasteiger partial charge in [-0.15, -0.1) is 0 Å². The van der Waals surface area contributed by atoms with Crippen molar-refractivity contribution in [1.82, 2.24) is 4.90 Å². The quantitative estimate of drug-likeness (QED) is 0.876. The number of likely N-dealkylation sites (tertiary alicyclic amines) is 1. The Bertz CT molecular complexity index is 560. The number of hydrogen-bond acceptors (Lipinski definition) is 2. The average Bonchev–Trinajstić information content (AvgIpc) is 2.57. The maximum Gasteiger partial charge on any atom is 0.0407 e. The van der Waals surface area contributed by atoms with Crippen molar-refractivity contribution < 1.29 is 0 Å². The van der Waals surface area contributed by atoms with Gasteiger partial charge in [0.05, 0.1) is 0 Å². The van der Waals surface area contributed by atoms with E-state index in [1.54, 1.807) is 0 Å². The number of nitrogens with one attached hydrogen (secondary N) is 1. The summed E-state index contributed by atoms with van der Waals surface area (Å²) >= 11 is 5.92. The lowest BCUT2D eigenvalue weighted by Crippen LogP contribution is -2.40. The Balaban J connectivity index is 1.41. The van der Waals surface area contributed by atoms with Crippen LogP contribution >= 0.6 is 11.6 Å². The van der Waals surface area contributed by atoms with Gasteiger partial charge in [0.15, 0.2) is 0 Å². The monoisotopic (exact) mass is 314 g/mol. The maximum atomic E-state index is 5.92. The van der Waals surface area contributed by atoms with E-state index in [2.05, 4.69) is 52.7 Å². The number of halogens is 1. The van der Waals surface area contributed by atoms with E-state index in [4.69, 9.17) is 11.6 Å². The molecule has 1 saturated heterocycles. The molecule has 3 rings (SSSR count). The Morgan fingerprint density at radius 1 is 0.955 bits per heavy atom. The van der Waals surface area contributed by atoms with Gasteiger partial charge < -0.3 is 10.2 Å². The summed E-state index contributed by atoms with van der Waals surface area (Å²) in [5.41, 5.74) is 2.61. The van der Waals surface area contributed by atoms with Crippen molar-refractivity contribution >= 4 is 17.3 Å². The minimum Gasteiger partial charge on any atom is -0.382 e. The Morgan fingerprint density at radius 2 is 1.64 bits per heavy atom. The summed E-state index contributed by atoms with van der Waals surface area (Å²) in [6.07, 6.45) is 3.56. The highest BCUT2D eigenvalue weighted by Crippen LogP contribution is 2.19. The van der Waals surface area contributed by atoms with Gasteiger partial charge in [-0.3, -0.25) is 0 Å². The first kappa shape index (κ1) is 15.4. The van der Waals surface area contributed by atoms with Crippen LogP contribution in [0.5, 0.6) is 0 Å². The van der Waals surface area contributed by atoms with Crippen LogP contribution in [0.25, 0.3) is 0 Å². The predicted octanol–water partition coefficient (Wildman–Crippen LogP) is 4.46. The van der Waals surface area contributed by atoms with Crippen molar-refractivity contribution in [2.75, 3.05) is 25.0 Å². The number of benzene rings is 2. The number of nitrogens with zero attached hydrogens (tertiary/aromatic N) is 1. The summed E-state index contributed by atoms with van der Waals surface area (Å²) in [7, 11) is 0. The van der Waals surface area contributed by atoms with Crippen molar-refractivity contribution in [3.05, 3.63) is 65.2 Å². The molecule has 1 aliphatic rings. The Labute approximate surface area is 138 Å². The van der Waals surface area contributed by atoms with Crippen molar-refractivity contribution in [2.45, 2.75) is 25.3 Å². The molecule has 0 bridgehead atoms. The zero-order chi connectivity index (χ0) is 15.2. The highest BCUT2D eigenvalue weighted by molar-refractivity contribution is 6.30. The van der Waals surface area contributed by atoms with E-state index >= 15 is 0 Å². The van der Waals surface area contributed by atoms with Gasteiger partial charge in [0.2, 0.25) is 0 Å². The number of hydrogen-bond donors (Lipinski definition) is 1. The van der Waals surface area contributed by atoms with Crippen molar-refractivity contribution in [1.29, 1.82) is 0 Å². The molecule has 0 atom stereocenters. The van der Waals surface area contributed by atoms with Crippen LogP contribution in [-0.4, -0.2) is 30.6 Å². The molecule has 2 aromatic carbocycles. The van der Waals surface area contributed by atoms with Crippen LogP contribution in [0.3, 0.4) is 0 Å². The number of piperidine rings is 1. The molecule has 0 amide bonds. The summed E-state index contributed by atoms with van der Waals surface area (Å²) in [6, 6.07) is 19.3. The zero-order valence-corrected chi connectivity index (χ0v) is 13.6. The third-order valence-electron chi connectivity index (χ3n) is 4.36. The largest absolute Gasteiger partial charge is 0.382 e. The molecule has 2 aromatic rings. The second-order valence-electron chi connectivity index (χ2n) is 6.00.